The van der Waals surface area contributed by atoms with Gasteiger partial charge in [0.05, 0.1) is 6.61 Å². The zero-order chi connectivity index (χ0) is 13.6. The Kier molecular flexibility index (Phi) is 6.09. The molecule has 0 N–H and O–H groups in total. The van der Waals surface area contributed by atoms with Crippen molar-refractivity contribution in [2.45, 2.75) is 65.3 Å². The maximum absolute atomic E-state index is 11.4. The van der Waals surface area contributed by atoms with Gasteiger partial charge in [-0.1, -0.05) is 27.2 Å². The molecular weight excluding hydrogens is 232 g/mol. The van der Waals surface area contributed by atoms with E-state index in [1.54, 1.807) is 0 Å². The number of ether oxygens (including phenoxy) is 3. The van der Waals surface area contributed by atoms with Gasteiger partial charge >= 0.3 is 5.97 Å². The summed E-state index contributed by atoms with van der Waals surface area (Å²) in [7, 11) is 0. The third-order valence-electron chi connectivity index (χ3n) is 2.93. The summed E-state index contributed by atoms with van der Waals surface area (Å²) >= 11 is 0. The summed E-state index contributed by atoms with van der Waals surface area (Å²) < 4.78 is 16.7. The van der Waals surface area contributed by atoms with E-state index in [1.807, 2.05) is 6.92 Å². The van der Waals surface area contributed by atoms with E-state index in [9.17, 15) is 4.79 Å². The lowest BCUT2D eigenvalue weighted by Gasteiger charge is -2.25. The highest BCUT2D eigenvalue weighted by atomic mass is 16.7. The smallest absolute Gasteiger partial charge is 0.305 e. The van der Waals surface area contributed by atoms with Crippen molar-refractivity contribution >= 4 is 5.97 Å². The van der Waals surface area contributed by atoms with Crippen LogP contribution in [0, 0.1) is 5.92 Å². The van der Waals surface area contributed by atoms with E-state index in [1.165, 1.54) is 0 Å². The molecule has 1 saturated heterocycles. The monoisotopic (exact) mass is 258 g/mol. The Balaban J connectivity index is 2.24. The van der Waals surface area contributed by atoms with Gasteiger partial charge in [-0.05, 0) is 19.3 Å². The highest BCUT2D eigenvalue weighted by molar-refractivity contribution is 5.69. The van der Waals surface area contributed by atoms with Crippen LogP contribution in [0.4, 0.5) is 0 Å². The van der Waals surface area contributed by atoms with Crippen LogP contribution in [0.15, 0.2) is 0 Å². The summed E-state index contributed by atoms with van der Waals surface area (Å²) in [5.74, 6) is -0.145. The fraction of sp³-hybridized carbons (Fsp3) is 0.929. The lowest BCUT2D eigenvalue weighted by Crippen LogP contribution is -2.30. The van der Waals surface area contributed by atoms with Crippen LogP contribution in [0.3, 0.4) is 0 Å². The first kappa shape index (κ1) is 15.4. The molecule has 18 heavy (non-hydrogen) atoms. The second kappa shape index (κ2) is 7.10. The standard InChI is InChI=1S/C14H26O4/c1-5-6-7-13(15)16-9-12-10-17-14(4,18-12)8-11(2)3/h11-12H,5-10H2,1-4H3. The van der Waals surface area contributed by atoms with E-state index in [-0.39, 0.29) is 12.1 Å². The van der Waals surface area contributed by atoms with Crippen molar-refractivity contribution in [3.8, 4) is 0 Å². The molecule has 1 aliphatic heterocycles. The molecule has 0 bridgehead atoms. The van der Waals surface area contributed by atoms with Gasteiger partial charge in [-0.3, -0.25) is 4.79 Å². The summed E-state index contributed by atoms with van der Waals surface area (Å²) in [6.45, 7) is 9.08. The van der Waals surface area contributed by atoms with Crippen LogP contribution < -0.4 is 0 Å². The van der Waals surface area contributed by atoms with E-state index in [2.05, 4.69) is 20.8 Å². The molecule has 0 aromatic heterocycles. The van der Waals surface area contributed by atoms with Crippen LogP contribution >= 0.6 is 0 Å². The minimum Gasteiger partial charge on any atom is -0.463 e. The first-order valence-corrected chi connectivity index (χ1v) is 6.92. The van der Waals surface area contributed by atoms with Gasteiger partial charge in [-0.15, -0.1) is 0 Å². The number of hydrogen-bond acceptors (Lipinski definition) is 4. The molecule has 0 aromatic carbocycles. The average molecular weight is 258 g/mol. The van der Waals surface area contributed by atoms with Gasteiger partial charge < -0.3 is 14.2 Å². The summed E-state index contributed by atoms with van der Waals surface area (Å²) in [5, 5.41) is 0. The molecule has 0 spiro atoms. The molecule has 0 amide bonds. The fourth-order valence-corrected chi connectivity index (χ4v) is 2.20. The molecule has 1 rings (SSSR count). The van der Waals surface area contributed by atoms with Gasteiger partial charge in [0.1, 0.15) is 12.7 Å². The maximum atomic E-state index is 11.4. The molecule has 4 heteroatoms. The summed E-state index contributed by atoms with van der Waals surface area (Å²) in [6.07, 6.45) is 3.11. The second-order valence-electron chi connectivity index (χ2n) is 5.57. The summed E-state index contributed by atoms with van der Waals surface area (Å²) in [5.41, 5.74) is 0. The van der Waals surface area contributed by atoms with E-state index in [0.29, 0.717) is 25.6 Å². The Labute approximate surface area is 110 Å². The Morgan fingerprint density at radius 1 is 1.50 bits per heavy atom. The van der Waals surface area contributed by atoms with Crippen molar-refractivity contribution in [1.82, 2.24) is 0 Å². The van der Waals surface area contributed by atoms with Crippen molar-refractivity contribution < 1.29 is 19.0 Å². The number of carbonyl (C=O) groups excluding carboxylic acids is 1. The molecule has 0 aliphatic carbocycles. The first-order valence-electron chi connectivity index (χ1n) is 6.92. The Hall–Kier alpha value is -0.610. The minimum absolute atomic E-state index is 0.126. The molecule has 106 valence electrons. The molecule has 0 saturated carbocycles. The Morgan fingerprint density at radius 3 is 2.83 bits per heavy atom. The number of unbranched alkanes of at least 4 members (excludes halogenated alkanes) is 1. The molecule has 1 aliphatic rings. The van der Waals surface area contributed by atoms with Crippen LogP contribution in [0.5, 0.6) is 0 Å². The lowest BCUT2D eigenvalue weighted by molar-refractivity contribution is -0.173. The topological polar surface area (TPSA) is 44.8 Å². The van der Waals surface area contributed by atoms with Crippen molar-refractivity contribution in [1.29, 1.82) is 0 Å². The van der Waals surface area contributed by atoms with Gasteiger partial charge in [0.2, 0.25) is 0 Å². The molecule has 2 atom stereocenters. The first-order chi connectivity index (χ1) is 8.45. The van der Waals surface area contributed by atoms with Gasteiger partial charge in [-0.2, -0.15) is 0 Å². The summed E-state index contributed by atoms with van der Waals surface area (Å²) in [6, 6.07) is 0. The zero-order valence-corrected chi connectivity index (χ0v) is 12.0. The number of carbonyl (C=O) groups is 1. The van der Waals surface area contributed by atoms with Crippen molar-refractivity contribution in [3.05, 3.63) is 0 Å². The number of esters is 1. The normalized spacial score (nSPS) is 27.7. The van der Waals surface area contributed by atoms with Crippen LogP contribution in [0.2, 0.25) is 0 Å². The highest BCUT2D eigenvalue weighted by Crippen LogP contribution is 2.29. The molecule has 4 nitrogen and oxygen atoms in total. The molecule has 1 fully saturated rings. The van der Waals surface area contributed by atoms with Gasteiger partial charge in [-0.25, -0.2) is 0 Å². The van der Waals surface area contributed by atoms with E-state index in [0.717, 1.165) is 19.3 Å². The summed E-state index contributed by atoms with van der Waals surface area (Å²) in [4.78, 5) is 11.4. The Morgan fingerprint density at radius 2 is 2.22 bits per heavy atom. The van der Waals surface area contributed by atoms with Gasteiger partial charge in [0.25, 0.3) is 0 Å². The third kappa shape index (κ3) is 5.36. The molecule has 1 heterocycles. The lowest BCUT2D eigenvalue weighted by atomic mass is 10.0. The largest absolute Gasteiger partial charge is 0.463 e. The predicted molar refractivity (Wildman–Crippen MR) is 69.2 cm³/mol. The van der Waals surface area contributed by atoms with Crippen LogP contribution in [-0.2, 0) is 19.0 Å². The van der Waals surface area contributed by atoms with Crippen LogP contribution in [0.1, 0.15) is 53.4 Å². The highest BCUT2D eigenvalue weighted by Gasteiger charge is 2.38. The van der Waals surface area contributed by atoms with Crippen LogP contribution in [0.25, 0.3) is 0 Å². The Bertz CT molecular complexity index is 265. The molecule has 0 radical (unpaired) electrons. The maximum Gasteiger partial charge on any atom is 0.305 e. The predicted octanol–water partition coefficient (Wildman–Crippen LogP) is 2.90. The quantitative estimate of drug-likeness (QED) is 0.659. The minimum atomic E-state index is -0.519. The zero-order valence-electron chi connectivity index (χ0n) is 12.0. The SMILES string of the molecule is CCCCC(=O)OCC1COC(C)(CC(C)C)O1. The van der Waals surface area contributed by atoms with E-state index in [4.69, 9.17) is 14.2 Å². The third-order valence-corrected chi connectivity index (χ3v) is 2.93. The van der Waals surface area contributed by atoms with Gasteiger partial charge in [0, 0.05) is 12.8 Å². The van der Waals surface area contributed by atoms with Crippen LogP contribution in [-0.4, -0.2) is 31.1 Å². The van der Waals surface area contributed by atoms with E-state index >= 15 is 0 Å². The molecule has 2 unspecified atom stereocenters. The molecular formula is C14H26O4. The van der Waals surface area contributed by atoms with E-state index < -0.39 is 5.79 Å². The average Bonchev–Trinajstić information content (AvgIpc) is 2.64. The van der Waals surface area contributed by atoms with Crippen molar-refractivity contribution in [2.24, 2.45) is 5.92 Å². The van der Waals surface area contributed by atoms with Gasteiger partial charge in [0.15, 0.2) is 5.79 Å². The van der Waals surface area contributed by atoms with Crippen molar-refractivity contribution in [3.63, 3.8) is 0 Å². The molecule has 0 aromatic rings. The second-order valence-corrected chi connectivity index (χ2v) is 5.57. The number of hydrogen-bond donors (Lipinski definition) is 0. The van der Waals surface area contributed by atoms with Crippen molar-refractivity contribution in [2.75, 3.05) is 13.2 Å². The number of rotatable bonds is 7. The fourth-order valence-electron chi connectivity index (χ4n) is 2.20.